The van der Waals surface area contributed by atoms with E-state index in [1.165, 1.54) is 16.7 Å². The van der Waals surface area contributed by atoms with Crippen LogP contribution in [0, 0.1) is 13.8 Å². The van der Waals surface area contributed by atoms with Crippen LogP contribution in [0.25, 0.3) is 5.69 Å². The van der Waals surface area contributed by atoms with Gasteiger partial charge in [0.05, 0.1) is 11.4 Å². The van der Waals surface area contributed by atoms with Gasteiger partial charge in [0.25, 0.3) is 0 Å². The van der Waals surface area contributed by atoms with Crippen molar-refractivity contribution in [3.63, 3.8) is 0 Å². The first-order valence-electron chi connectivity index (χ1n) is 7.44. The van der Waals surface area contributed by atoms with E-state index in [2.05, 4.69) is 54.5 Å². The van der Waals surface area contributed by atoms with E-state index in [1.54, 1.807) is 0 Å². The zero-order valence-electron chi connectivity index (χ0n) is 13.0. The number of benzene rings is 2. The summed E-state index contributed by atoms with van der Waals surface area (Å²) in [6, 6.07) is 16.6. The molecular formula is C18H20N4. The number of aromatic nitrogens is 3. The van der Waals surface area contributed by atoms with Crippen LogP contribution in [0.2, 0.25) is 0 Å². The predicted molar refractivity (Wildman–Crippen MR) is 88.0 cm³/mol. The van der Waals surface area contributed by atoms with Gasteiger partial charge in [-0.3, -0.25) is 0 Å². The number of aryl methyl sites for hydroxylation is 2. The molecule has 1 aromatic heterocycles. The molecule has 4 nitrogen and oxygen atoms in total. The molecule has 2 N–H and O–H groups in total. The Labute approximate surface area is 130 Å². The maximum absolute atomic E-state index is 5.83. The van der Waals surface area contributed by atoms with Crippen LogP contribution in [0.4, 0.5) is 0 Å². The van der Waals surface area contributed by atoms with Gasteiger partial charge in [0.1, 0.15) is 5.69 Å². The van der Waals surface area contributed by atoms with Crippen molar-refractivity contribution in [2.45, 2.75) is 26.8 Å². The van der Waals surface area contributed by atoms with E-state index in [9.17, 15) is 0 Å². The van der Waals surface area contributed by atoms with Gasteiger partial charge < -0.3 is 5.73 Å². The van der Waals surface area contributed by atoms with Crippen LogP contribution in [-0.2, 0) is 13.0 Å². The Morgan fingerprint density at radius 1 is 1.00 bits per heavy atom. The first-order chi connectivity index (χ1) is 10.7. The summed E-state index contributed by atoms with van der Waals surface area (Å²) in [5.41, 5.74) is 12.5. The Morgan fingerprint density at radius 3 is 2.45 bits per heavy atom. The molecule has 0 spiro atoms. The van der Waals surface area contributed by atoms with Gasteiger partial charge in [-0.05, 0) is 42.7 Å². The van der Waals surface area contributed by atoms with Gasteiger partial charge in [0.15, 0.2) is 0 Å². The zero-order chi connectivity index (χ0) is 15.5. The van der Waals surface area contributed by atoms with Crippen LogP contribution >= 0.6 is 0 Å². The van der Waals surface area contributed by atoms with Crippen molar-refractivity contribution in [3.05, 3.63) is 76.6 Å². The number of rotatable bonds is 4. The Morgan fingerprint density at radius 2 is 1.77 bits per heavy atom. The largest absolute Gasteiger partial charge is 0.325 e. The average molecular weight is 292 g/mol. The van der Waals surface area contributed by atoms with Crippen molar-refractivity contribution in [2.24, 2.45) is 5.73 Å². The van der Waals surface area contributed by atoms with Crippen molar-refractivity contribution >= 4 is 0 Å². The summed E-state index contributed by atoms with van der Waals surface area (Å²) < 4.78 is 1.90. The molecule has 0 atom stereocenters. The predicted octanol–water partition coefficient (Wildman–Crippen LogP) is 2.93. The summed E-state index contributed by atoms with van der Waals surface area (Å²) in [5.74, 6) is 0. The quantitative estimate of drug-likeness (QED) is 0.804. The fourth-order valence-corrected chi connectivity index (χ4v) is 2.52. The molecule has 1 heterocycles. The van der Waals surface area contributed by atoms with Crippen molar-refractivity contribution in [1.29, 1.82) is 0 Å². The molecule has 0 amide bonds. The summed E-state index contributed by atoms with van der Waals surface area (Å²) in [7, 11) is 0. The molecule has 4 heteroatoms. The number of nitrogens with zero attached hydrogens (tertiary/aromatic N) is 3. The van der Waals surface area contributed by atoms with Gasteiger partial charge in [-0.25, -0.2) is 4.68 Å². The third-order valence-electron chi connectivity index (χ3n) is 3.99. The lowest BCUT2D eigenvalue weighted by molar-refractivity contribution is 0.771. The van der Waals surface area contributed by atoms with Crippen LogP contribution in [0.3, 0.4) is 0 Å². The molecule has 2 aromatic carbocycles. The molecule has 0 aliphatic rings. The Hall–Kier alpha value is -2.46. The molecule has 3 rings (SSSR count). The fourth-order valence-electron chi connectivity index (χ4n) is 2.52. The number of hydrogen-bond acceptors (Lipinski definition) is 3. The molecule has 0 saturated heterocycles. The van der Waals surface area contributed by atoms with Gasteiger partial charge in [-0.2, -0.15) is 0 Å². The van der Waals surface area contributed by atoms with Crippen LogP contribution < -0.4 is 5.73 Å². The molecule has 0 unspecified atom stereocenters. The standard InChI is InChI=1S/C18H20N4/c1-13-8-9-16(10-14(13)2)22-18(17(12-19)20-21-22)11-15-6-4-3-5-7-15/h3-10H,11-12,19H2,1-2H3. The molecular weight excluding hydrogens is 272 g/mol. The minimum absolute atomic E-state index is 0.396. The first kappa shape index (κ1) is 14.5. The summed E-state index contributed by atoms with van der Waals surface area (Å²) in [4.78, 5) is 0. The van der Waals surface area contributed by atoms with Gasteiger partial charge in [0.2, 0.25) is 0 Å². The second kappa shape index (κ2) is 6.12. The lowest BCUT2D eigenvalue weighted by atomic mass is 10.1. The van der Waals surface area contributed by atoms with Crippen LogP contribution in [0.15, 0.2) is 48.5 Å². The van der Waals surface area contributed by atoms with Crippen LogP contribution in [0.5, 0.6) is 0 Å². The normalized spacial score (nSPS) is 10.9. The third kappa shape index (κ3) is 2.78. The monoisotopic (exact) mass is 292 g/mol. The van der Waals surface area contributed by atoms with E-state index in [0.29, 0.717) is 6.54 Å². The van der Waals surface area contributed by atoms with E-state index >= 15 is 0 Å². The molecule has 0 aliphatic heterocycles. The molecule has 0 radical (unpaired) electrons. The molecule has 112 valence electrons. The second-order valence-electron chi connectivity index (χ2n) is 5.53. The number of nitrogens with two attached hydrogens (primary N) is 1. The van der Waals surface area contributed by atoms with Gasteiger partial charge in [-0.1, -0.05) is 41.6 Å². The highest BCUT2D eigenvalue weighted by molar-refractivity contribution is 5.41. The summed E-state index contributed by atoms with van der Waals surface area (Å²) in [6.07, 6.45) is 0.771. The van der Waals surface area contributed by atoms with Crippen LogP contribution in [-0.4, -0.2) is 15.0 Å². The molecule has 3 aromatic rings. The van der Waals surface area contributed by atoms with E-state index in [4.69, 9.17) is 5.73 Å². The SMILES string of the molecule is Cc1ccc(-n2nnc(CN)c2Cc2ccccc2)cc1C. The Kier molecular flexibility index (Phi) is 4.02. The number of hydrogen-bond donors (Lipinski definition) is 1. The lowest BCUT2D eigenvalue weighted by Crippen LogP contribution is -2.07. The fraction of sp³-hybridized carbons (Fsp3) is 0.222. The Bertz CT molecular complexity index is 775. The van der Waals surface area contributed by atoms with Crippen molar-refractivity contribution in [2.75, 3.05) is 0 Å². The second-order valence-corrected chi connectivity index (χ2v) is 5.53. The van der Waals surface area contributed by atoms with Gasteiger partial charge in [-0.15, -0.1) is 5.10 Å². The first-order valence-corrected chi connectivity index (χ1v) is 7.44. The van der Waals surface area contributed by atoms with E-state index in [-0.39, 0.29) is 0 Å². The molecule has 22 heavy (non-hydrogen) atoms. The maximum Gasteiger partial charge on any atom is 0.100 e. The molecule has 0 bridgehead atoms. The van der Waals surface area contributed by atoms with Crippen molar-refractivity contribution in [1.82, 2.24) is 15.0 Å². The zero-order valence-corrected chi connectivity index (χ0v) is 13.0. The van der Waals surface area contributed by atoms with Gasteiger partial charge in [0, 0.05) is 13.0 Å². The smallest absolute Gasteiger partial charge is 0.100 e. The van der Waals surface area contributed by atoms with Crippen molar-refractivity contribution < 1.29 is 0 Å². The van der Waals surface area contributed by atoms with Gasteiger partial charge >= 0.3 is 0 Å². The topological polar surface area (TPSA) is 56.7 Å². The minimum Gasteiger partial charge on any atom is -0.325 e. The highest BCUT2D eigenvalue weighted by Gasteiger charge is 2.14. The molecule has 0 fully saturated rings. The lowest BCUT2D eigenvalue weighted by Gasteiger charge is -2.10. The summed E-state index contributed by atoms with van der Waals surface area (Å²) >= 11 is 0. The summed E-state index contributed by atoms with van der Waals surface area (Å²) in [6.45, 7) is 4.61. The summed E-state index contributed by atoms with van der Waals surface area (Å²) in [5, 5.41) is 8.56. The maximum atomic E-state index is 5.83. The van der Waals surface area contributed by atoms with E-state index < -0.39 is 0 Å². The van der Waals surface area contributed by atoms with Crippen LogP contribution in [0.1, 0.15) is 28.1 Å². The van der Waals surface area contributed by atoms with Crippen molar-refractivity contribution in [3.8, 4) is 5.69 Å². The average Bonchev–Trinajstić information content (AvgIpc) is 2.94. The molecule has 0 aliphatic carbocycles. The molecule has 0 saturated carbocycles. The Balaban J connectivity index is 2.05. The van der Waals surface area contributed by atoms with E-state index in [1.807, 2.05) is 22.9 Å². The highest BCUT2D eigenvalue weighted by Crippen LogP contribution is 2.19. The van der Waals surface area contributed by atoms with E-state index in [0.717, 1.165) is 23.5 Å². The minimum atomic E-state index is 0.396. The third-order valence-corrected chi connectivity index (χ3v) is 3.99. The highest BCUT2D eigenvalue weighted by atomic mass is 15.4.